The van der Waals surface area contributed by atoms with Gasteiger partial charge in [0.15, 0.2) is 22.8 Å². The molecule has 23 heavy (non-hydrogen) atoms. The lowest BCUT2D eigenvalue weighted by atomic mass is 10.2. The minimum Gasteiger partial charge on any atom is -0.493 e. The molecule has 1 heterocycles. The van der Waals surface area contributed by atoms with E-state index in [1.807, 2.05) is 6.07 Å². The number of halogens is 1. The number of hydrogen-bond acceptors (Lipinski definition) is 5. The molecule has 2 rings (SSSR count). The van der Waals surface area contributed by atoms with E-state index in [1.165, 1.54) is 19.4 Å². The predicted octanol–water partition coefficient (Wildman–Crippen LogP) is 3.02. The first-order valence-corrected chi connectivity index (χ1v) is 7.09. The van der Waals surface area contributed by atoms with Gasteiger partial charge in [-0.2, -0.15) is 5.26 Å². The van der Waals surface area contributed by atoms with Gasteiger partial charge in [0.2, 0.25) is 0 Å². The van der Waals surface area contributed by atoms with E-state index < -0.39 is 6.10 Å². The van der Waals surface area contributed by atoms with E-state index in [-0.39, 0.29) is 11.1 Å². The normalized spacial score (nSPS) is 11.2. The third-order valence-electron chi connectivity index (χ3n) is 2.98. The van der Waals surface area contributed by atoms with Crippen LogP contribution in [0.25, 0.3) is 0 Å². The van der Waals surface area contributed by atoms with E-state index in [0.29, 0.717) is 22.7 Å². The monoisotopic (exact) mass is 331 g/mol. The summed E-state index contributed by atoms with van der Waals surface area (Å²) in [7, 11) is 1.46. The van der Waals surface area contributed by atoms with Crippen LogP contribution >= 0.6 is 11.6 Å². The average molecular weight is 332 g/mol. The first-order valence-electron chi connectivity index (χ1n) is 6.71. The molecule has 2 aromatic rings. The third-order valence-corrected chi connectivity index (χ3v) is 3.28. The lowest BCUT2D eigenvalue weighted by molar-refractivity contribution is -0.122. The summed E-state index contributed by atoms with van der Waals surface area (Å²) >= 11 is 5.90. The zero-order valence-corrected chi connectivity index (χ0v) is 13.3. The van der Waals surface area contributed by atoms with Crippen molar-refractivity contribution in [1.29, 1.82) is 5.26 Å². The van der Waals surface area contributed by atoms with Gasteiger partial charge in [-0.15, -0.1) is 0 Å². The molecule has 0 fully saturated rings. The van der Waals surface area contributed by atoms with Gasteiger partial charge >= 0.3 is 0 Å². The van der Waals surface area contributed by atoms with Crippen molar-refractivity contribution >= 4 is 23.2 Å². The van der Waals surface area contributed by atoms with Crippen LogP contribution in [-0.4, -0.2) is 24.1 Å². The maximum Gasteiger partial charge on any atom is 0.265 e. The highest BCUT2D eigenvalue weighted by Gasteiger charge is 2.18. The van der Waals surface area contributed by atoms with Gasteiger partial charge in [-0.05, 0) is 31.2 Å². The Morgan fingerprint density at radius 3 is 2.83 bits per heavy atom. The lowest BCUT2D eigenvalue weighted by Crippen LogP contribution is -2.30. The molecule has 0 aliphatic heterocycles. The number of nitrogens with zero attached hydrogens (tertiary/aromatic N) is 2. The third kappa shape index (κ3) is 4.11. The summed E-state index contributed by atoms with van der Waals surface area (Å²) in [4.78, 5) is 16.1. The molecule has 1 aromatic carbocycles. The van der Waals surface area contributed by atoms with E-state index in [1.54, 1.807) is 31.2 Å². The molecule has 0 radical (unpaired) electrons. The van der Waals surface area contributed by atoms with Crippen LogP contribution < -0.4 is 14.8 Å². The number of aromatic nitrogens is 1. The van der Waals surface area contributed by atoms with Crippen LogP contribution in [0.3, 0.4) is 0 Å². The summed E-state index contributed by atoms with van der Waals surface area (Å²) in [6.07, 6.45) is 0.729. The maximum absolute atomic E-state index is 12.2. The molecule has 0 spiro atoms. The Kier molecular flexibility index (Phi) is 5.39. The van der Waals surface area contributed by atoms with Gasteiger partial charge in [0.25, 0.3) is 5.91 Å². The number of nitrogens with one attached hydrogen (secondary N) is 1. The first-order chi connectivity index (χ1) is 11.0. The smallest absolute Gasteiger partial charge is 0.265 e. The zero-order chi connectivity index (χ0) is 16.8. The van der Waals surface area contributed by atoms with E-state index in [2.05, 4.69) is 10.3 Å². The SMILES string of the molecule is COc1cc(C#N)ccc1O[C@H](C)C(=O)Nc1cccnc1Cl. The number of ether oxygens (including phenoxy) is 2. The molecule has 0 aliphatic carbocycles. The largest absolute Gasteiger partial charge is 0.493 e. The number of carbonyl (C=O) groups excluding carboxylic acids is 1. The molecule has 1 N–H and O–H groups in total. The molecule has 0 bridgehead atoms. The fourth-order valence-electron chi connectivity index (χ4n) is 1.79. The van der Waals surface area contributed by atoms with Crippen LogP contribution in [0.1, 0.15) is 12.5 Å². The molecule has 0 unspecified atom stereocenters. The molecule has 7 heteroatoms. The summed E-state index contributed by atoms with van der Waals surface area (Å²) in [5.74, 6) is 0.362. The number of methoxy groups -OCH3 is 1. The number of anilines is 1. The molecular formula is C16H14ClN3O3. The van der Waals surface area contributed by atoms with E-state index in [9.17, 15) is 4.79 Å². The number of pyridine rings is 1. The standard InChI is InChI=1S/C16H14ClN3O3/c1-10(16(21)20-12-4-3-7-19-15(12)17)23-13-6-5-11(9-18)8-14(13)22-2/h3-8,10H,1-2H3,(H,20,21)/t10-/m1/s1. The van der Waals surface area contributed by atoms with Gasteiger partial charge in [0.05, 0.1) is 24.4 Å². The van der Waals surface area contributed by atoms with Crippen molar-refractivity contribution in [3.63, 3.8) is 0 Å². The van der Waals surface area contributed by atoms with E-state index in [0.717, 1.165) is 0 Å². The van der Waals surface area contributed by atoms with Crippen molar-refractivity contribution in [2.24, 2.45) is 0 Å². The van der Waals surface area contributed by atoms with Crippen molar-refractivity contribution in [3.05, 3.63) is 47.2 Å². The molecule has 0 saturated heterocycles. The fraction of sp³-hybridized carbons (Fsp3) is 0.188. The Balaban J connectivity index is 2.10. The predicted molar refractivity (Wildman–Crippen MR) is 85.7 cm³/mol. The summed E-state index contributed by atoms with van der Waals surface area (Å²) in [5, 5.41) is 11.7. The highest BCUT2D eigenvalue weighted by Crippen LogP contribution is 2.29. The number of benzene rings is 1. The fourth-order valence-corrected chi connectivity index (χ4v) is 1.96. The molecule has 1 amide bonds. The van der Waals surface area contributed by atoms with Crippen LogP contribution in [0.2, 0.25) is 5.15 Å². The first kappa shape index (κ1) is 16.6. The highest BCUT2D eigenvalue weighted by molar-refractivity contribution is 6.32. The Morgan fingerprint density at radius 2 is 2.17 bits per heavy atom. The summed E-state index contributed by atoms with van der Waals surface area (Å²) in [5.41, 5.74) is 0.842. The highest BCUT2D eigenvalue weighted by atomic mass is 35.5. The second-order valence-corrected chi connectivity index (χ2v) is 4.93. The van der Waals surface area contributed by atoms with Gasteiger partial charge in [-0.25, -0.2) is 4.98 Å². The Hall–Kier alpha value is -2.78. The topological polar surface area (TPSA) is 84.2 Å². The molecule has 0 saturated carbocycles. The molecular weight excluding hydrogens is 318 g/mol. The zero-order valence-electron chi connectivity index (χ0n) is 12.5. The van der Waals surface area contributed by atoms with Crippen LogP contribution in [0.15, 0.2) is 36.5 Å². The van der Waals surface area contributed by atoms with Gasteiger partial charge in [0, 0.05) is 12.3 Å². The van der Waals surface area contributed by atoms with Crippen LogP contribution in [0.4, 0.5) is 5.69 Å². The number of rotatable bonds is 5. The van der Waals surface area contributed by atoms with Gasteiger partial charge in [-0.3, -0.25) is 4.79 Å². The van der Waals surface area contributed by atoms with E-state index >= 15 is 0 Å². The summed E-state index contributed by atoms with van der Waals surface area (Å²) in [6.45, 7) is 1.59. The summed E-state index contributed by atoms with van der Waals surface area (Å²) in [6, 6.07) is 10.0. The molecule has 0 aliphatic rings. The minimum atomic E-state index is -0.798. The van der Waals surface area contributed by atoms with Crippen LogP contribution in [0.5, 0.6) is 11.5 Å². The second kappa shape index (κ2) is 7.47. The maximum atomic E-state index is 12.2. The van der Waals surface area contributed by atoms with Crippen molar-refractivity contribution in [1.82, 2.24) is 4.98 Å². The molecule has 1 atom stereocenters. The molecule has 1 aromatic heterocycles. The Bertz CT molecular complexity index is 758. The number of hydrogen-bond donors (Lipinski definition) is 1. The number of nitriles is 1. The van der Waals surface area contributed by atoms with Gasteiger partial charge in [-0.1, -0.05) is 11.6 Å². The number of carbonyl (C=O) groups is 1. The Morgan fingerprint density at radius 1 is 1.39 bits per heavy atom. The van der Waals surface area contributed by atoms with Crippen molar-refractivity contribution in [2.45, 2.75) is 13.0 Å². The van der Waals surface area contributed by atoms with Crippen molar-refractivity contribution in [2.75, 3.05) is 12.4 Å². The lowest BCUT2D eigenvalue weighted by Gasteiger charge is -2.17. The quantitative estimate of drug-likeness (QED) is 0.851. The second-order valence-electron chi connectivity index (χ2n) is 4.57. The summed E-state index contributed by atoms with van der Waals surface area (Å²) < 4.78 is 10.8. The van der Waals surface area contributed by atoms with Gasteiger partial charge < -0.3 is 14.8 Å². The Labute approximate surface area is 138 Å². The molecule has 118 valence electrons. The van der Waals surface area contributed by atoms with E-state index in [4.69, 9.17) is 26.3 Å². The van der Waals surface area contributed by atoms with Crippen molar-refractivity contribution < 1.29 is 14.3 Å². The van der Waals surface area contributed by atoms with Crippen LogP contribution in [0, 0.1) is 11.3 Å². The van der Waals surface area contributed by atoms with Crippen molar-refractivity contribution in [3.8, 4) is 17.6 Å². The minimum absolute atomic E-state index is 0.198. The van der Waals surface area contributed by atoms with Gasteiger partial charge in [0.1, 0.15) is 0 Å². The molecule has 6 nitrogen and oxygen atoms in total. The number of amides is 1. The average Bonchev–Trinajstić information content (AvgIpc) is 2.57. The van der Waals surface area contributed by atoms with Crippen LogP contribution in [-0.2, 0) is 4.79 Å².